The summed E-state index contributed by atoms with van der Waals surface area (Å²) in [7, 11) is 0. The molecule has 1 aromatic carbocycles. The first-order valence-electron chi connectivity index (χ1n) is 8.81. The molecular weight excluding hydrogens is 347 g/mol. The lowest BCUT2D eigenvalue weighted by atomic mass is 9.97. The van der Waals surface area contributed by atoms with Gasteiger partial charge in [-0.1, -0.05) is 0 Å². The molecule has 7 heteroatoms. The number of rotatable bonds is 6. The summed E-state index contributed by atoms with van der Waals surface area (Å²) in [5, 5.41) is 24.3. The number of nitrogens with zero attached hydrogens (tertiary/aromatic N) is 2. The van der Waals surface area contributed by atoms with Crippen LogP contribution in [-0.4, -0.2) is 34.7 Å². The van der Waals surface area contributed by atoms with Crippen LogP contribution in [0.2, 0.25) is 0 Å². The van der Waals surface area contributed by atoms with Crippen molar-refractivity contribution < 1.29 is 14.3 Å². The van der Waals surface area contributed by atoms with E-state index in [4.69, 9.17) is 5.11 Å². The summed E-state index contributed by atoms with van der Waals surface area (Å²) in [6.45, 7) is 3.42. The molecule has 0 spiro atoms. The molecule has 2 aromatic rings. The molecule has 0 radical (unpaired) electrons. The number of aromatic nitrogens is 1. The van der Waals surface area contributed by atoms with Gasteiger partial charge in [0.2, 0.25) is 0 Å². The summed E-state index contributed by atoms with van der Waals surface area (Å²) >= 11 is 0. The predicted octanol–water partition coefficient (Wildman–Crippen LogP) is 2.75. The number of aliphatic hydroxyl groups is 1. The highest BCUT2D eigenvalue weighted by Crippen LogP contribution is 2.29. The number of hydrogen-bond donors (Lipinski definition) is 3. The first kappa shape index (κ1) is 18.8. The Kier molecular flexibility index (Phi) is 5.38. The SMILES string of the molecule is Cc1cc(F)c(C(=O)NC2CC2)cc1-c1cnc(N[C@@H](C)CO)c(C#N)c1. The van der Waals surface area contributed by atoms with Gasteiger partial charge in [0.25, 0.3) is 5.91 Å². The average Bonchev–Trinajstić information content (AvgIpc) is 3.46. The molecule has 1 fully saturated rings. The van der Waals surface area contributed by atoms with E-state index in [-0.39, 0.29) is 24.3 Å². The number of carbonyl (C=O) groups is 1. The molecule has 3 N–H and O–H groups in total. The number of hydrogen-bond acceptors (Lipinski definition) is 5. The van der Waals surface area contributed by atoms with E-state index in [1.165, 1.54) is 12.1 Å². The van der Waals surface area contributed by atoms with Gasteiger partial charge in [-0.25, -0.2) is 9.37 Å². The van der Waals surface area contributed by atoms with Crippen molar-refractivity contribution in [1.29, 1.82) is 5.26 Å². The fourth-order valence-corrected chi connectivity index (χ4v) is 2.74. The molecule has 0 unspecified atom stereocenters. The third-order valence-corrected chi connectivity index (χ3v) is 4.45. The minimum atomic E-state index is -0.571. The number of aryl methyl sites for hydroxylation is 1. The fourth-order valence-electron chi connectivity index (χ4n) is 2.74. The highest BCUT2D eigenvalue weighted by molar-refractivity contribution is 5.96. The maximum Gasteiger partial charge on any atom is 0.254 e. The zero-order valence-electron chi connectivity index (χ0n) is 15.2. The minimum absolute atomic E-state index is 0.0166. The second-order valence-corrected chi connectivity index (χ2v) is 6.85. The van der Waals surface area contributed by atoms with Crippen molar-refractivity contribution in [2.75, 3.05) is 11.9 Å². The molecule has 1 aliphatic carbocycles. The molecule has 3 rings (SSSR count). The summed E-state index contributed by atoms with van der Waals surface area (Å²) in [5.41, 5.74) is 2.19. The maximum absolute atomic E-state index is 14.3. The third kappa shape index (κ3) is 4.23. The molecule has 1 amide bonds. The Bertz CT molecular complexity index is 919. The highest BCUT2D eigenvalue weighted by atomic mass is 19.1. The van der Waals surface area contributed by atoms with Gasteiger partial charge in [0.15, 0.2) is 0 Å². The van der Waals surface area contributed by atoms with E-state index in [1.807, 2.05) is 0 Å². The smallest absolute Gasteiger partial charge is 0.254 e. The molecule has 140 valence electrons. The molecule has 1 saturated carbocycles. The molecule has 1 aromatic heterocycles. The van der Waals surface area contributed by atoms with E-state index < -0.39 is 11.7 Å². The number of nitrogens with one attached hydrogen (secondary N) is 2. The van der Waals surface area contributed by atoms with Crippen LogP contribution in [-0.2, 0) is 0 Å². The summed E-state index contributed by atoms with van der Waals surface area (Å²) in [6.07, 6.45) is 3.40. The molecule has 0 saturated heterocycles. The topological polar surface area (TPSA) is 98.0 Å². The first-order valence-corrected chi connectivity index (χ1v) is 8.81. The van der Waals surface area contributed by atoms with Crippen LogP contribution in [0.1, 0.15) is 41.3 Å². The molecular formula is C20H21FN4O2. The van der Waals surface area contributed by atoms with Crippen LogP contribution in [0.3, 0.4) is 0 Å². The van der Waals surface area contributed by atoms with E-state index in [0.717, 1.165) is 12.8 Å². The van der Waals surface area contributed by atoms with Crippen LogP contribution >= 0.6 is 0 Å². The lowest BCUT2D eigenvalue weighted by molar-refractivity contribution is 0.0947. The second-order valence-electron chi connectivity index (χ2n) is 6.85. The van der Waals surface area contributed by atoms with Gasteiger partial charge in [-0.05, 0) is 56.0 Å². The number of benzene rings is 1. The van der Waals surface area contributed by atoms with E-state index in [1.54, 1.807) is 26.1 Å². The van der Waals surface area contributed by atoms with Crippen molar-refractivity contribution in [1.82, 2.24) is 10.3 Å². The Morgan fingerprint density at radius 2 is 2.19 bits per heavy atom. The molecule has 1 heterocycles. The van der Waals surface area contributed by atoms with Gasteiger partial charge < -0.3 is 15.7 Å². The van der Waals surface area contributed by atoms with Crippen LogP contribution in [0.4, 0.5) is 10.2 Å². The van der Waals surface area contributed by atoms with Crippen molar-refractivity contribution in [3.05, 3.63) is 46.9 Å². The van der Waals surface area contributed by atoms with E-state index in [0.29, 0.717) is 28.1 Å². The molecule has 1 aliphatic rings. The minimum Gasteiger partial charge on any atom is -0.394 e. The van der Waals surface area contributed by atoms with Crippen LogP contribution in [0, 0.1) is 24.1 Å². The second kappa shape index (κ2) is 7.72. The van der Waals surface area contributed by atoms with Crippen LogP contribution in [0.15, 0.2) is 24.4 Å². The quantitative estimate of drug-likeness (QED) is 0.728. The molecule has 0 bridgehead atoms. The Balaban J connectivity index is 1.97. The number of aliphatic hydroxyl groups excluding tert-OH is 1. The maximum atomic E-state index is 14.3. The lowest BCUT2D eigenvalue weighted by Gasteiger charge is -2.15. The third-order valence-electron chi connectivity index (χ3n) is 4.45. The van der Waals surface area contributed by atoms with Crippen molar-refractivity contribution in [3.8, 4) is 17.2 Å². The van der Waals surface area contributed by atoms with Crippen LogP contribution < -0.4 is 10.6 Å². The standard InChI is InChI=1S/C20H21FN4O2/c1-11-5-18(21)17(20(27)25-15-3-4-15)7-16(11)14-6-13(8-22)19(23-9-14)24-12(2)10-26/h5-7,9,12,15,26H,3-4,10H2,1-2H3,(H,23,24)(H,25,27)/t12-/m0/s1. The molecule has 0 aliphatic heterocycles. The van der Waals surface area contributed by atoms with E-state index in [9.17, 15) is 14.4 Å². The van der Waals surface area contributed by atoms with Crippen LogP contribution in [0.25, 0.3) is 11.1 Å². The molecule has 27 heavy (non-hydrogen) atoms. The van der Waals surface area contributed by atoms with Crippen LogP contribution in [0.5, 0.6) is 0 Å². The number of nitriles is 1. The van der Waals surface area contributed by atoms with Gasteiger partial charge in [-0.15, -0.1) is 0 Å². The zero-order valence-corrected chi connectivity index (χ0v) is 15.2. The summed E-state index contributed by atoms with van der Waals surface area (Å²) in [5.74, 6) is -0.632. The molecule has 1 atom stereocenters. The number of amides is 1. The number of carbonyl (C=O) groups excluding carboxylic acids is 1. The van der Waals surface area contributed by atoms with Gasteiger partial charge >= 0.3 is 0 Å². The number of halogens is 1. The van der Waals surface area contributed by atoms with Crippen molar-refractivity contribution in [2.24, 2.45) is 0 Å². The first-order chi connectivity index (χ1) is 12.9. The van der Waals surface area contributed by atoms with Gasteiger partial charge in [0.1, 0.15) is 17.7 Å². The normalized spacial score (nSPS) is 14.3. The summed E-state index contributed by atoms with van der Waals surface area (Å²) < 4.78 is 14.3. The Labute approximate surface area is 157 Å². The van der Waals surface area contributed by atoms with Gasteiger partial charge in [-0.3, -0.25) is 4.79 Å². The van der Waals surface area contributed by atoms with Crippen molar-refractivity contribution >= 4 is 11.7 Å². The van der Waals surface area contributed by atoms with Gasteiger partial charge in [0.05, 0.1) is 17.7 Å². The fraction of sp³-hybridized carbons (Fsp3) is 0.350. The monoisotopic (exact) mass is 368 g/mol. The number of anilines is 1. The Hall–Kier alpha value is -2.98. The lowest BCUT2D eigenvalue weighted by Crippen LogP contribution is -2.26. The zero-order chi connectivity index (χ0) is 19.6. The van der Waals surface area contributed by atoms with Gasteiger partial charge in [-0.2, -0.15) is 5.26 Å². The Morgan fingerprint density at radius 3 is 2.81 bits per heavy atom. The Morgan fingerprint density at radius 1 is 1.44 bits per heavy atom. The summed E-state index contributed by atoms with van der Waals surface area (Å²) in [6, 6.07) is 6.43. The highest BCUT2D eigenvalue weighted by Gasteiger charge is 2.25. The van der Waals surface area contributed by atoms with E-state index >= 15 is 0 Å². The van der Waals surface area contributed by atoms with E-state index in [2.05, 4.69) is 21.7 Å². The predicted molar refractivity (Wildman–Crippen MR) is 99.7 cm³/mol. The van der Waals surface area contributed by atoms with Crippen molar-refractivity contribution in [2.45, 2.75) is 38.8 Å². The van der Waals surface area contributed by atoms with Crippen molar-refractivity contribution in [3.63, 3.8) is 0 Å². The average molecular weight is 368 g/mol. The largest absolute Gasteiger partial charge is 0.394 e. The van der Waals surface area contributed by atoms with Gasteiger partial charge in [0, 0.05) is 23.8 Å². The molecule has 6 nitrogen and oxygen atoms in total. The number of pyridine rings is 1. The summed E-state index contributed by atoms with van der Waals surface area (Å²) in [4.78, 5) is 16.6.